The minimum Gasteiger partial charge on any atom is -0.486 e. The Labute approximate surface area is 178 Å². The third kappa shape index (κ3) is 3.16. The number of amides is 2. The van der Waals surface area contributed by atoms with Crippen LogP contribution in [0.25, 0.3) is 0 Å². The van der Waals surface area contributed by atoms with Crippen molar-refractivity contribution >= 4 is 11.7 Å². The maximum absolute atomic E-state index is 13.3. The van der Waals surface area contributed by atoms with Crippen LogP contribution in [0, 0.1) is 11.8 Å². The van der Waals surface area contributed by atoms with Gasteiger partial charge in [0.25, 0.3) is 0 Å². The zero-order valence-electron chi connectivity index (χ0n) is 17.5. The molecule has 160 valence electrons. The highest BCUT2D eigenvalue weighted by Crippen LogP contribution is 2.45. The number of rotatable bonds is 1. The van der Waals surface area contributed by atoms with Crippen molar-refractivity contribution in [2.75, 3.05) is 38.2 Å². The van der Waals surface area contributed by atoms with Gasteiger partial charge in [-0.25, -0.2) is 4.79 Å². The molecular formula is C24H31N3O3. The Morgan fingerprint density at radius 1 is 1.07 bits per heavy atom. The van der Waals surface area contributed by atoms with Gasteiger partial charge in [-0.3, -0.25) is 4.90 Å². The number of urea groups is 1. The van der Waals surface area contributed by atoms with Crippen molar-refractivity contribution in [3.63, 3.8) is 0 Å². The van der Waals surface area contributed by atoms with Crippen LogP contribution >= 0.6 is 0 Å². The fourth-order valence-corrected chi connectivity index (χ4v) is 6.52. The number of benzene rings is 1. The zero-order chi connectivity index (χ0) is 20.1. The summed E-state index contributed by atoms with van der Waals surface area (Å²) in [7, 11) is 0. The largest absolute Gasteiger partial charge is 0.486 e. The van der Waals surface area contributed by atoms with Gasteiger partial charge in [-0.15, -0.1) is 0 Å². The van der Waals surface area contributed by atoms with Crippen molar-refractivity contribution in [2.24, 2.45) is 11.8 Å². The van der Waals surface area contributed by atoms with Gasteiger partial charge in [0.05, 0.1) is 6.04 Å². The molecular weight excluding hydrogens is 378 g/mol. The molecule has 0 radical (unpaired) electrons. The summed E-state index contributed by atoms with van der Waals surface area (Å²) in [4.78, 5) is 18.2. The summed E-state index contributed by atoms with van der Waals surface area (Å²) in [6, 6.07) is 6.68. The number of likely N-dealkylation sites (tertiary alicyclic amines) is 1. The van der Waals surface area contributed by atoms with Crippen LogP contribution in [-0.2, 0) is 0 Å². The molecule has 5 aliphatic rings. The second kappa shape index (κ2) is 7.49. The fraction of sp³-hybridized carbons (Fsp3) is 0.625. The molecule has 4 heterocycles. The number of fused-ring (bicyclic) bond motifs is 7. The predicted octanol–water partition coefficient (Wildman–Crippen LogP) is 3.88. The standard InChI is InChI=1S/C24H31N3O3/c28-24(25-19-6-7-21-22(14-19)30-11-10-29-21)27-9-3-4-16-12-17-13-18(23(16)27)15-26-8-2-1-5-20(17)26/h6-7,12,14,17-18,20,23H,1-5,8-11,13,15H2,(H,25,28)/t17-,18-,20?,23?/m0/s1. The van der Waals surface area contributed by atoms with E-state index in [9.17, 15) is 4.79 Å². The Kier molecular flexibility index (Phi) is 4.63. The maximum atomic E-state index is 13.3. The number of nitrogens with one attached hydrogen (secondary N) is 1. The first-order valence-corrected chi connectivity index (χ1v) is 11.7. The van der Waals surface area contributed by atoms with Crippen LogP contribution in [-0.4, -0.2) is 60.8 Å². The Morgan fingerprint density at radius 2 is 1.97 bits per heavy atom. The molecule has 3 saturated heterocycles. The van der Waals surface area contributed by atoms with Gasteiger partial charge in [-0.05, 0) is 62.6 Å². The second-order valence-corrected chi connectivity index (χ2v) is 9.49. The van der Waals surface area contributed by atoms with E-state index in [0.29, 0.717) is 30.8 Å². The summed E-state index contributed by atoms with van der Waals surface area (Å²) in [6.45, 7) is 4.34. The van der Waals surface area contributed by atoms with E-state index in [2.05, 4.69) is 21.2 Å². The molecule has 6 nitrogen and oxygen atoms in total. The molecule has 6 heteroatoms. The van der Waals surface area contributed by atoms with Crippen LogP contribution in [0.15, 0.2) is 29.8 Å². The Bertz CT molecular complexity index is 869. The smallest absolute Gasteiger partial charge is 0.322 e. The van der Waals surface area contributed by atoms with Crippen LogP contribution in [0.2, 0.25) is 0 Å². The van der Waals surface area contributed by atoms with Crippen molar-refractivity contribution in [1.82, 2.24) is 9.80 Å². The summed E-state index contributed by atoms with van der Waals surface area (Å²) >= 11 is 0. The Morgan fingerprint density at radius 3 is 2.90 bits per heavy atom. The molecule has 0 aromatic heterocycles. The van der Waals surface area contributed by atoms with E-state index < -0.39 is 0 Å². The Balaban J connectivity index is 1.23. The molecule has 2 bridgehead atoms. The number of anilines is 1. The summed E-state index contributed by atoms with van der Waals surface area (Å²) in [5, 5.41) is 3.14. The maximum Gasteiger partial charge on any atom is 0.322 e. The molecule has 4 aliphatic heterocycles. The van der Waals surface area contributed by atoms with Crippen molar-refractivity contribution < 1.29 is 14.3 Å². The van der Waals surface area contributed by atoms with Crippen LogP contribution in [0.4, 0.5) is 10.5 Å². The molecule has 2 unspecified atom stereocenters. The predicted molar refractivity (Wildman–Crippen MR) is 115 cm³/mol. The number of carbonyl (C=O) groups excluding carboxylic acids is 1. The summed E-state index contributed by atoms with van der Waals surface area (Å²) < 4.78 is 11.3. The number of hydrogen-bond acceptors (Lipinski definition) is 4. The third-order valence-electron chi connectivity index (χ3n) is 7.71. The molecule has 0 saturated carbocycles. The second-order valence-electron chi connectivity index (χ2n) is 9.49. The molecule has 6 rings (SSSR count). The summed E-state index contributed by atoms with van der Waals surface area (Å²) in [5.41, 5.74) is 2.29. The van der Waals surface area contributed by atoms with Crippen molar-refractivity contribution in [2.45, 2.75) is 50.6 Å². The van der Waals surface area contributed by atoms with Gasteiger partial charge < -0.3 is 19.7 Å². The molecule has 2 amide bonds. The number of hydrogen-bond donors (Lipinski definition) is 1. The van der Waals surface area contributed by atoms with Crippen LogP contribution in [0.1, 0.15) is 38.5 Å². The number of piperidine rings is 3. The van der Waals surface area contributed by atoms with E-state index in [4.69, 9.17) is 9.47 Å². The first-order chi connectivity index (χ1) is 14.8. The van der Waals surface area contributed by atoms with E-state index in [1.54, 1.807) is 0 Å². The Hall–Kier alpha value is -2.21. The zero-order valence-corrected chi connectivity index (χ0v) is 17.5. The highest BCUT2D eigenvalue weighted by molar-refractivity contribution is 5.90. The molecule has 1 aromatic rings. The molecule has 3 fully saturated rings. The monoisotopic (exact) mass is 409 g/mol. The van der Waals surface area contributed by atoms with E-state index in [1.165, 1.54) is 37.8 Å². The van der Waals surface area contributed by atoms with Gasteiger partial charge in [0.1, 0.15) is 13.2 Å². The van der Waals surface area contributed by atoms with Gasteiger partial charge in [0.2, 0.25) is 0 Å². The minimum absolute atomic E-state index is 0.0153. The van der Waals surface area contributed by atoms with Gasteiger partial charge in [0.15, 0.2) is 11.5 Å². The third-order valence-corrected chi connectivity index (χ3v) is 7.71. The number of carbonyl (C=O) groups is 1. The van der Waals surface area contributed by atoms with E-state index in [-0.39, 0.29) is 12.1 Å². The average molecular weight is 410 g/mol. The van der Waals surface area contributed by atoms with Crippen LogP contribution in [0.3, 0.4) is 0 Å². The highest BCUT2D eigenvalue weighted by atomic mass is 16.6. The molecule has 4 atom stereocenters. The van der Waals surface area contributed by atoms with E-state index >= 15 is 0 Å². The van der Waals surface area contributed by atoms with Crippen molar-refractivity contribution in [1.29, 1.82) is 0 Å². The molecule has 0 spiro atoms. The first-order valence-electron chi connectivity index (χ1n) is 11.7. The molecule has 1 N–H and O–H groups in total. The lowest BCUT2D eigenvalue weighted by Crippen LogP contribution is -2.60. The summed E-state index contributed by atoms with van der Waals surface area (Å²) in [6.07, 6.45) is 10.1. The number of nitrogens with zero attached hydrogens (tertiary/aromatic N) is 2. The van der Waals surface area contributed by atoms with Crippen LogP contribution < -0.4 is 14.8 Å². The van der Waals surface area contributed by atoms with Crippen LogP contribution in [0.5, 0.6) is 11.5 Å². The van der Waals surface area contributed by atoms with Gasteiger partial charge in [-0.1, -0.05) is 18.1 Å². The van der Waals surface area contributed by atoms with Gasteiger partial charge in [0, 0.05) is 30.9 Å². The summed E-state index contributed by atoms with van der Waals surface area (Å²) in [5.74, 6) is 2.72. The van der Waals surface area contributed by atoms with E-state index in [0.717, 1.165) is 43.4 Å². The average Bonchev–Trinajstić information content (AvgIpc) is 2.78. The lowest BCUT2D eigenvalue weighted by atomic mass is 9.68. The lowest BCUT2D eigenvalue weighted by Gasteiger charge is -2.54. The van der Waals surface area contributed by atoms with E-state index in [1.807, 2.05) is 18.2 Å². The normalized spacial score (nSPS) is 32.5. The van der Waals surface area contributed by atoms with Crippen molar-refractivity contribution in [3.8, 4) is 11.5 Å². The van der Waals surface area contributed by atoms with Gasteiger partial charge >= 0.3 is 6.03 Å². The van der Waals surface area contributed by atoms with Gasteiger partial charge in [-0.2, -0.15) is 0 Å². The molecule has 1 aliphatic carbocycles. The number of ether oxygens (including phenoxy) is 2. The topological polar surface area (TPSA) is 54.0 Å². The molecule has 30 heavy (non-hydrogen) atoms. The quantitative estimate of drug-likeness (QED) is 0.715. The fourth-order valence-electron chi connectivity index (χ4n) is 6.52. The van der Waals surface area contributed by atoms with Crippen molar-refractivity contribution in [3.05, 3.63) is 29.8 Å². The lowest BCUT2D eigenvalue weighted by molar-refractivity contribution is 0.00908. The first kappa shape index (κ1) is 18.6. The minimum atomic E-state index is 0.0153. The highest BCUT2D eigenvalue weighted by Gasteiger charge is 2.46. The SMILES string of the molecule is O=C(Nc1ccc2c(c1)OCCO2)N1CCCC2=C[C@H]3C[C@@H](CN4CCCCC34)C21. The molecule has 1 aromatic carbocycles.